The molecule has 25 heavy (non-hydrogen) atoms. The van der Waals surface area contributed by atoms with Crippen molar-refractivity contribution in [3.63, 3.8) is 0 Å². The van der Waals surface area contributed by atoms with Gasteiger partial charge in [-0.2, -0.15) is 0 Å². The Labute approximate surface area is 148 Å². The topological polar surface area (TPSA) is 49.4 Å². The number of carbonyl (C=O) groups is 2. The molecule has 2 aromatic carbocycles. The number of imide groups is 1. The quantitative estimate of drug-likeness (QED) is 0.834. The van der Waals surface area contributed by atoms with Crippen LogP contribution in [0, 0.1) is 11.6 Å². The standard InChI is InChI=1S/C18H16F2N2O2S/c1-11(12-5-3-2-4-6-12)21-18(24)22-16(23)10-17(22)25-13-7-8-14(19)15(20)9-13/h2-9,11,17H,10H2,1H3,(H,21,24)/t11-,17-/m1/s1. The Kier molecular flexibility index (Phi) is 5.03. The van der Waals surface area contributed by atoms with Gasteiger partial charge in [-0.25, -0.2) is 13.6 Å². The molecule has 2 atom stereocenters. The van der Waals surface area contributed by atoms with Gasteiger partial charge in [0.25, 0.3) is 0 Å². The van der Waals surface area contributed by atoms with E-state index >= 15 is 0 Å². The van der Waals surface area contributed by atoms with Crippen molar-refractivity contribution >= 4 is 23.7 Å². The number of carbonyl (C=O) groups excluding carboxylic acids is 2. The zero-order chi connectivity index (χ0) is 18.0. The Bertz CT molecular complexity index is 801. The van der Waals surface area contributed by atoms with Gasteiger partial charge >= 0.3 is 6.03 Å². The van der Waals surface area contributed by atoms with Crippen molar-refractivity contribution in [3.05, 3.63) is 65.7 Å². The number of amides is 3. The van der Waals surface area contributed by atoms with E-state index in [1.54, 1.807) is 0 Å². The van der Waals surface area contributed by atoms with Gasteiger partial charge in [0.1, 0.15) is 5.37 Å². The summed E-state index contributed by atoms with van der Waals surface area (Å²) in [5.74, 6) is -2.18. The Balaban J connectivity index is 1.65. The smallest absolute Gasteiger partial charge is 0.325 e. The summed E-state index contributed by atoms with van der Waals surface area (Å²) < 4.78 is 26.3. The van der Waals surface area contributed by atoms with Crippen molar-refractivity contribution in [3.8, 4) is 0 Å². The minimum absolute atomic E-state index is 0.177. The van der Waals surface area contributed by atoms with Crippen LogP contribution in [0.25, 0.3) is 0 Å². The summed E-state index contributed by atoms with van der Waals surface area (Å²) in [6, 6.07) is 12.2. The molecule has 3 rings (SSSR count). The number of thioether (sulfide) groups is 1. The number of urea groups is 1. The Hall–Kier alpha value is -2.41. The molecule has 0 bridgehead atoms. The van der Waals surface area contributed by atoms with Crippen molar-refractivity contribution in [2.45, 2.75) is 29.7 Å². The minimum Gasteiger partial charge on any atom is -0.331 e. The number of hydrogen-bond donors (Lipinski definition) is 1. The highest BCUT2D eigenvalue weighted by Gasteiger charge is 2.41. The molecule has 3 amide bonds. The lowest BCUT2D eigenvalue weighted by molar-refractivity contribution is -0.137. The first-order chi connectivity index (χ1) is 12.0. The van der Waals surface area contributed by atoms with Gasteiger partial charge in [-0.15, -0.1) is 0 Å². The second-order valence-electron chi connectivity index (χ2n) is 5.70. The van der Waals surface area contributed by atoms with Crippen LogP contribution in [0.4, 0.5) is 13.6 Å². The molecule has 0 spiro atoms. The third-order valence-electron chi connectivity index (χ3n) is 3.93. The monoisotopic (exact) mass is 362 g/mol. The number of rotatable bonds is 4. The molecule has 2 aromatic rings. The van der Waals surface area contributed by atoms with Crippen LogP contribution in [0.2, 0.25) is 0 Å². The molecule has 1 fully saturated rings. The van der Waals surface area contributed by atoms with Gasteiger partial charge in [0, 0.05) is 4.90 Å². The second kappa shape index (κ2) is 7.23. The largest absolute Gasteiger partial charge is 0.331 e. The maximum Gasteiger partial charge on any atom is 0.325 e. The number of β-lactam (4-membered cyclic amide) rings is 1. The van der Waals surface area contributed by atoms with Crippen LogP contribution >= 0.6 is 11.8 Å². The Morgan fingerprint density at radius 2 is 1.92 bits per heavy atom. The third-order valence-corrected chi connectivity index (χ3v) is 5.10. The van der Waals surface area contributed by atoms with E-state index in [2.05, 4.69) is 5.32 Å². The van der Waals surface area contributed by atoms with E-state index in [1.807, 2.05) is 37.3 Å². The van der Waals surface area contributed by atoms with Crippen LogP contribution < -0.4 is 5.32 Å². The maximum absolute atomic E-state index is 13.3. The van der Waals surface area contributed by atoms with E-state index in [0.29, 0.717) is 4.90 Å². The SMILES string of the molecule is C[C@@H](NC(=O)N1C(=O)C[C@H]1Sc1ccc(F)c(F)c1)c1ccccc1. The highest BCUT2D eigenvalue weighted by atomic mass is 32.2. The molecule has 130 valence electrons. The van der Waals surface area contributed by atoms with Crippen LogP contribution in [-0.4, -0.2) is 22.2 Å². The fraction of sp³-hybridized carbons (Fsp3) is 0.222. The fourth-order valence-corrected chi connectivity index (χ4v) is 3.69. The van der Waals surface area contributed by atoms with Gasteiger partial charge in [-0.05, 0) is 30.7 Å². The normalized spacial score (nSPS) is 17.8. The molecule has 1 heterocycles. The van der Waals surface area contributed by atoms with E-state index < -0.39 is 23.0 Å². The molecule has 0 aliphatic carbocycles. The fourth-order valence-electron chi connectivity index (χ4n) is 2.51. The van der Waals surface area contributed by atoms with Crippen molar-refractivity contribution < 1.29 is 18.4 Å². The summed E-state index contributed by atoms with van der Waals surface area (Å²) in [4.78, 5) is 25.8. The Morgan fingerprint density at radius 3 is 2.56 bits per heavy atom. The summed E-state index contributed by atoms with van der Waals surface area (Å²) in [6.07, 6.45) is 0.177. The second-order valence-corrected chi connectivity index (χ2v) is 6.95. The van der Waals surface area contributed by atoms with Gasteiger partial charge in [0.05, 0.1) is 12.5 Å². The molecule has 0 unspecified atom stereocenters. The average Bonchev–Trinajstić information content (AvgIpc) is 2.58. The van der Waals surface area contributed by atoms with Gasteiger partial charge in [0.2, 0.25) is 5.91 Å². The summed E-state index contributed by atoms with van der Waals surface area (Å²) >= 11 is 1.15. The van der Waals surface area contributed by atoms with Crippen LogP contribution in [0.3, 0.4) is 0 Å². The van der Waals surface area contributed by atoms with E-state index in [1.165, 1.54) is 6.07 Å². The Morgan fingerprint density at radius 1 is 1.20 bits per heavy atom. The number of likely N-dealkylation sites (tertiary alicyclic amines) is 1. The van der Waals surface area contributed by atoms with Crippen molar-refractivity contribution in [1.82, 2.24) is 10.2 Å². The molecule has 0 saturated carbocycles. The maximum atomic E-state index is 13.3. The van der Waals surface area contributed by atoms with Gasteiger partial charge < -0.3 is 5.32 Å². The zero-order valence-electron chi connectivity index (χ0n) is 13.4. The van der Waals surface area contributed by atoms with E-state index in [0.717, 1.165) is 34.4 Å². The first-order valence-corrected chi connectivity index (χ1v) is 8.63. The van der Waals surface area contributed by atoms with Crippen LogP contribution in [0.1, 0.15) is 24.9 Å². The number of nitrogens with zero attached hydrogens (tertiary/aromatic N) is 1. The molecule has 1 N–H and O–H groups in total. The first kappa shape index (κ1) is 17.4. The molecular formula is C18H16F2N2O2S. The van der Waals surface area contributed by atoms with Crippen LogP contribution in [-0.2, 0) is 4.79 Å². The lowest BCUT2D eigenvalue weighted by atomic mass is 10.1. The number of benzene rings is 2. The predicted octanol–water partition coefficient (Wildman–Crippen LogP) is 4.09. The highest BCUT2D eigenvalue weighted by Crippen LogP contribution is 2.35. The molecular weight excluding hydrogens is 346 g/mol. The van der Waals surface area contributed by atoms with Crippen molar-refractivity contribution in [2.75, 3.05) is 0 Å². The lowest BCUT2D eigenvalue weighted by Gasteiger charge is -2.38. The molecule has 0 aromatic heterocycles. The highest BCUT2D eigenvalue weighted by molar-refractivity contribution is 8.00. The summed E-state index contributed by atoms with van der Waals surface area (Å²) in [5.41, 5.74) is 0.925. The molecule has 1 aliphatic rings. The van der Waals surface area contributed by atoms with E-state index in [-0.39, 0.29) is 18.4 Å². The molecule has 0 radical (unpaired) electrons. The predicted molar refractivity (Wildman–Crippen MR) is 90.9 cm³/mol. The molecule has 4 nitrogen and oxygen atoms in total. The van der Waals surface area contributed by atoms with Gasteiger partial charge in [-0.1, -0.05) is 42.1 Å². The summed E-state index contributed by atoms with van der Waals surface area (Å²) in [5, 5.41) is 2.35. The first-order valence-electron chi connectivity index (χ1n) is 7.75. The van der Waals surface area contributed by atoms with Crippen LogP contribution in [0.5, 0.6) is 0 Å². The number of halogens is 2. The summed E-state index contributed by atoms with van der Waals surface area (Å²) in [7, 11) is 0. The lowest BCUT2D eigenvalue weighted by Crippen LogP contribution is -2.57. The van der Waals surface area contributed by atoms with Gasteiger partial charge in [-0.3, -0.25) is 9.69 Å². The molecule has 7 heteroatoms. The minimum atomic E-state index is -0.954. The van der Waals surface area contributed by atoms with E-state index in [4.69, 9.17) is 0 Å². The molecule has 1 aliphatic heterocycles. The van der Waals surface area contributed by atoms with E-state index in [9.17, 15) is 18.4 Å². The third kappa shape index (κ3) is 3.82. The summed E-state index contributed by atoms with van der Waals surface area (Å²) in [6.45, 7) is 1.83. The average molecular weight is 362 g/mol. The van der Waals surface area contributed by atoms with Crippen LogP contribution in [0.15, 0.2) is 53.4 Å². The zero-order valence-corrected chi connectivity index (χ0v) is 14.2. The van der Waals surface area contributed by atoms with Crippen molar-refractivity contribution in [2.24, 2.45) is 0 Å². The molecule has 1 saturated heterocycles. The van der Waals surface area contributed by atoms with Crippen molar-refractivity contribution in [1.29, 1.82) is 0 Å². The van der Waals surface area contributed by atoms with Gasteiger partial charge in [0.15, 0.2) is 11.6 Å². The number of nitrogens with one attached hydrogen (secondary N) is 1. The number of hydrogen-bond acceptors (Lipinski definition) is 3.